The Kier molecular flexibility index (Phi) is 5.70. The Morgan fingerprint density at radius 1 is 1.06 bits per heavy atom. The van der Waals surface area contributed by atoms with Gasteiger partial charge in [0.25, 0.3) is 0 Å². The minimum atomic E-state index is -3.66. The average molecular weight is 447 g/mol. The van der Waals surface area contributed by atoms with E-state index in [2.05, 4.69) is 25.3 Å². The van der Waals surface area contributed by atoms with Gasteiger partial charge >= 0.3 is 0 Å². The fourth-order valence-electron chi connectivity index (χ4n) is 3.12. The molecule has 8 nitrogen and oxygen atoms in total. The van der Waals surface area contributed by atoms with Gasteiger partial charge in [0.1, 0.15) is 11.6 Å². The van der Waals surface area contributed by atoms with Crippen LogP contribution in [0.25, 0.3) is 11.1 Å². The van der Waals surface area contributed by atoms with E-state index in [1.165, 1.54) is 31.5 Å². The lowest BCUT2D eigenvalue weighted by Crippen LogP contribution is -2.26. The van der Waals surface area contributed by atoms with Crippen molar-refractivity contribution in [3.8, 4) is 16.9 Å². The first-order chi connectivity index (χ1) is 14.9. The lowest BCUT2D eigenvalue weighted by molar-refractivity contribution is 0.384. The van der Waals surface area contributed by atoms with Gasteiger partial charge in [-0.3, -0.25) is 0 Å². The van der Waals surface area contributed by atoms with Crippen LogP contribution in [-0.4, -0.2) is 38.6 Å². The average Bonchev–Trinajstić information content (AvgIpc) is 2.74. The van der Waals surface area contributed by atoms with Gasteiger partial charge in [0.05, 0.1) is 12.0 Å². The van der Waals surface area contributed by atoms with Crippen molar-refractivity contribution in [1.29, 1.82) is 0 Å². The zero-order valence-corrected chi connectivity index (χ0v) is 17.3. The monoisotopic (exact) mass is 447 g/mol. The van der Waals surface area contributed by atoms with Crippen LogP contribution in [0.2, 0.25) is 0 Å². The predicted molar refractivity (Wildman–Crippen MR) is 112 cm³/mol. The Labute approximate surface area is 177 Å². The third-order valence-corrected chi connectivity index (χ3v) is 6.12. The van der Waals surface area contributed by atoms with E-state index in [9.17, 15) is 17.2 Å². The van der Waals surface area contributed by atoms with Crippen LogP contribution in [-0.2, 0) is 10.0 Å². The number of aromatic nitrogens is 2. The van der Waals surface area contributed by atoms with E-state index in [-0.39, 0.29) is 28.7 Å². The van der Waals surface area contributed by atoms with Crippen molar-refractivity contribution >= 4 is 27.5 Å². The van der Waals surface area contributed by atoms with Gasteiger partial charge in [-0.25, -0.2) is 26.9 Å². The number of fused-ring (bicyclic) bond motifs is 4. The molecule has 0 saturated carbocycles. The maximum absolute atomic E-state index is 14.5. The number of nitrogens with one attached hydrogen (secondary N) is 3. The number of sulfonamides is 1. The summed E-state index contributed by atoms with van der Waals surface area (Å²) in [5, 5.41) is 6.03. The molecule has 11 heteroatoms. The van der Waals surface area contributed by atoms with Crippen molar-refractivity contribution in [3.05, 3.63) is 54.2 Å². The van der Waals surface area contributed by atoms with Crippen LogP contribution >= 0.6 is 0 Å². The highest BCUT2D eigenvalue weighted by Gasteiger charge is 2.19. The quantitative estimate of drug-likeness (QED) is 0.554. The van der Waals surface area contributed by atoms with Gasteiger partial charge in [0.15, 0.2) is 11.6 Å². The van der Waals surface area contributed by atoms with Crippen LogP contribution in [0.3, 0.4) is 0 Å². The third-order valence-electron chi connectivity index (χ3n) is 4.66. The predicted octanol–water partition coefficient (Wildman–Crippen LogP) is 3.27. The maximum Gasteiger partial charge on any atom is 0.240 e. The largest absolute Gasteiger partial charge is 0.494 e. The Balaban J connectivity index is 1.78. The van der Waals surface area contributed by atoms with Gasteiger partial charge in [-0.2, -0.15) is 4.98 Å². The fraction of sp³-hybridized carbons (Fsp3) is 0.200. The summed E-state index contributed by atoms with van der Waals surface area (Å²) in [7, 11) is -2.37. The highest BCUT2D eigenvalue weighted by atomic mass is 32.2. The SMILES string of the molecule is COc1cc(-c2cnc3nc2NCCCNS(=O)(=O)c2cccc(c2)N3)c(F)cc1F. The second kappa shape index (κ2) is 8.44. The molecule has 0 unspecified atom stereocenters. The van der Waals surface area contributed by atoms with Crippen LogP contribution in [0.5, 0.6) is 5.75 Å². The number of ether oxygens (including phenoxy) is 1. The van der Waals surface area contributed by atoms with E-state index in [1.54, 1.807) is 12.1 Å². The molecule has 2 aromatic carbocycles. The van der Waals surface area contributed by atoms with E-state index < -0.39 is 21.7 Å². The van der Waals surface area contributed by atoms with Crippen molar-refractivity contribution < 1.29 is 21.9 Å². The molecule has 1 aliphatic rings. The van der Waals surface area contributed by atoms with E-state index in [0.717, 1.165) is 6.07 Å². The summed E-state index contributed by atoms with van der Waals surface area (Å²) in [6, 6.07) is 8.22. The summed E-state index contributed by atoms with van der Waals surface area (Å²) in [4.78, 5) is 8.75. The first-order valence-electron chi connectivity index (χ1n) is 9.38. The molecule has 4 bridgehead atoms. The number of anilines is 3. The van der Waals surface area contributed by atoms with Crippen LogP contribution in [0.15, 0.2) is 47.5 Å². The second-order valence-corrected chi connectivity index (χ2v) is 8.52. The number of halogens is 2. The molecule has 1 aromatic heterocycles. The molecule has 0 atom stereocenters. The topological polar surface area (TPSA) is 105 Å². The summed E-state index contributed by atoms with van der Waals surface area (Å²) >= 11 is 0. The van der Waals surface area contributed by atoms with E-state index in [0.29, 0.717) is 30.0 Å². The number of hydrogen-bond donors (Lipinski definition) is 3. The Hall–Kier alpha value is -3.31. The van der Waals surface area contributed by atoms with Crippen molar-refractivity contribution in [2.75, 3.05) is 30.8 Å². The normalized spacial score (nSPS) is 15.5. The molecule has 162 valence electrons. The van der Waals surface area contributed by atoms with Gasteiger partial charge in [-0.1, -0.05) is 6.07 Å². The number of benzene rings is 2. The lowest BCUT2D eigenvalue weighted by Gasteiger charge is -2.14. The van der Waals surface area contributed by atoms with E-state index in [4.69, 9.17) is 4.74 Å². The zero-order valence-electron chi connectivity index (χ0n) is 16.4. The van der Waals surface area contributed by atoms with Gasteiger partial charge < -0.3 is 15.4 Å². The van der Waals surface area contributed by atoms with Crippen LogP contribution < -0.4 is 20.1 Å². The Morgan fingerprint density at radius 3 is 2.71 bits per heavy atom. The van der Waals surface area contributed by atoms with E-state index in [1.807, 2.05) is 0 Å². The first kappa shape index (κ1) is 20.9. The molecule has 2 heterocycles. The molecule has 0 spiro atoms. The Morgan fingerprint density at radius 2 is 1.90 bits per heavy atom. The third kappa shape index (κ3) is 4.42. The molecule has 3 N–H and O–H groups in total. The summed E-state index contributed by atoms with van der Waals surface area (Å²) in [5.41, 5.74) is 0.848. The second-order valence-electron chi connectivity index (χ2n) is 6.75. The number of rotatable bonds is 2. The number of methoxy groups -OCH3 is 1. The molecule has 0 amide bonds. The summed E-state index contributed by atoms with van der Waals surface area (Å²) < 4.78 is 60.8. The molecule has 3 aromatic rings. The summed E-state index contributed by atoms with van der Waals surface area (Å²) in [6.07, 6.45) is 1.85. The highest BCUT2D eigenvalue weighted by molar-refractivity contribution is 7.89. The van der Waals surface area contributed by atoms with Gasteiger partial charge in [-0.15, -0.1) is 0 Å². The minimum absolute atomic E-state index is 0.0688. The molecule has 1 aliphatic heterocycles. The molecule has 4 rings (SSSR count). The highest BCUT2D eigenvalue weighted by Crippen LogP contribution is 2.33. The summed E-state index contributed by atoms with van der Waals surface area (Å²) in [6.45, 7) is 0.544. The zero-order chi connectivity index (χ0) is 22.0. The maximum atomic E-state index is 14.5. The standard InChI is InChI=1S/C20H19F2N5O3S/c1-30-18-9-14(16(21)10-17(18)22)15-11-24-20-26-12-4-2-5-13(8-12)31(28,29)25-7-3-6-23-19(15)27-20/h2,4-5,8-11,25H,3,6-7H2,1H3,(H2,23,24,26,27). The van der Waals surface area contributed by atoms with Gasteiger partial charge in [0, 0.05) is 42.2 Å². The van der Waals surface area contributed by atoms with Gasteiger partial charge in [0.2, 0.25) is 16.0 Å². The molecule has 0 radical (unpaired) electrons. The van der Waals surface area contributed by atoms with Crippen molar-refractivity contribution in [2.45, 2.75) is 11.3 Å². The minimum Gasteiger partial charge on any atom is -0.494 e. The van der Waals surface area contributed by atoms with Crippen molar-refractivity contribution in [3.63, 3.8) is 0 Å². The molecular formula is C20H19F2N5O3S. The number of hydrogen-bond acceptors (Lipinski definition) is 7. The molecular weight excluding hydrogens is 428 g/mol. The molecule has 31 heavy (non-hydrogen) atoms. The van der Waals surface area contributed by atoms with Crippen LogP contribution in [0.1, 0.15) is 6.42 Å². The lowest BCUT2D eigenvalue weighted by atomic mass is 10.1. The molecule has 0 saturated heterocycles. The van der Waals surface area contributed by atoms with Crippen molar-refractivity contribution in [1.82, 2.24) is 14.7 Å². The smallest absolute Gasteiger partial charge is 0.240 e. The van der Waals surface area contributed by atoms with Crippen LogP contribution in [0.4, 0.5) is 26.2 Å². The summed E-state index contributed by atoms with van der Waals surface area (Å²) in [5.74, 6) is -1.22. The first-order valence-corrected chi connectivity index (χ1v) is 10.9. The van der Waals surface area contributed by atoms with Gasteiger partial charge in [-0.05, 0) is 30.7 Å². The van der Waals surface area contributed by atoms with Crippen molar-refractivity contribution in [2.24, 2.45) is 0 Å². The number of nitrogens with zero attached hydrogens (tertiary/aromatic N) is 2. The van der Waals surface area contributed by atoms with E-state index >= 15 is 0 Å². The fourth-order valence-corrected chi connectivity index (χ4v) is 4.24. The molecule has 0 aliphatic carbocycles. The molecule has 0 fully saturated rings. The Bertz CT molecular complexity index is 1240. The van der Waals surface area contributed by atoms with Crippen LogP contribution in [0, 0.1) is 11.6 Å².